The normalized spacial score (nSPS) is 12.1. The van der Waals surface area contributed by atoms with Crippen LogP contribution >= 0.6 is 0 Å². The molecule has 0 radical (unpaired) electrons. The minimum Gasteiger partial charge on any atom is -0.327 e. The van der Waals surface area contributed by atoms with Crippen LogP contribution in [0.4, 0.5) is 0 Å². The van der Waals surface area contributed by atoms with Crippen LogP contribution in [0.5, 0.6) is 0 Å². The highest BCUT2D eigenvalue weighted by atomic mass is 16.1. The monoisotopic (exact) mass is 139 g/mol. The van der Waals surface area contributed by atoms with E-state index in [1.165, 1.54) is 6.08 Å². The number of carbonyl (C=O) groups is 1. The first-order valence-electron chi connectivity index (χ1n) is 3.22. The topological polar surface area (TPSA) is 43.1 Å². The third-order valence-electron chi connectivity index (χ3n) is 1.16. The summed E-state index contributed by atoms with van der Waals surface area (Å²) >= 11 is 0. The van der Waals surface area contributed by atoms with E-state index in [4.69, 9.17) is 5.73 Å². The first-order valence-corrected chi connectivity index (χ1v) is 3.22. The quantitative estimate of drug-likeness (QED) is 0.456. The molecule has 56 valence electrons. The second-order valence-electron chi connectivity index (χ2n) is 2.16. The zero-order valence-electron chi connectivity index (χ0n) is 6.05. The van der Waals surface area contributed by atoms with E-state index in [0.717, 1.165) is 0 Å². The van der Waals surface area contributed by atoms with Gasteiger partial charge in [-0.3, -0.25) is 4.79 Å². The molecule has 2 N–H and O–H groups in total. The molecule has 2 nitrogen and oxygen atoms in total. The summed E-state index contributed by atoms with van der Waals surface area (Å²) in [6.07, 6.45) is 4.05. The van der Waals surface area contributed by atoms with E-state index < -0.39 is 0 Å². The minimum atomic E-state index is -0.0944. The third-order valence-corrected chi connectivity index (χ3v) is 1.16. The minimum absolute atomic E-state index is 0.00523. The summed E-state index contributed by atoms with van der Waals surface area (Å²) in [7, 11) is 0. The summed E-state index contributed by atoms with van der Waals surface area (Å²) in [6.45, 7) is 6.86. The first-order chi connectivity index (χ1) is 4.70. The first kappa shape index (κ1) is 9.11. The van der Waals surface area contributed by atoms with Gasteiger partial charge in [0.2, 0.25) is 0 Å². The highest BCUT2D eigenvalue weighted by Gasteiger charge is 2.03. The van der Waals surface area contributed by atoms with Crippen molar-refractivity contribution in [3.05, 3.63) is 25.3 Å². The Bertz CT molecular complexity index is 140. The molecule has 0 aromatic rings. The van der Waals surface area contributed by atoms with Gasteiger partial charge < -0.3 is 5.73 Å². The van der Waals surface area contributed by atoms with Gasteiger partial charge in [-0.2, -0.15) is 0 Å². The SMILES string of the molecule is C=CCC(N)CC(=O)C=C. The smallest absolute Gasteiger partial charge is 0.156 e. The van der Waals surface area contributed by atoms with Gasteiger partial charge in [-0.15, -0.1) is 6.58 Å². The zero-order valence-corrected chi connectivity index (χ0v) is 6.05. The molecule has 0 bridgehead atoms. The van der Waals surface area contributed by atoms with E-state index in [2.05, 4.69) is 13.2 Å². The number of nitrogens with two attached hydrogens (primary N) is 1. The maximum Gasteiger partial charge on any atom is 0.156 e. The summed E-state index contributed by atoms with van der Waals surface area (Å²) in [5.41, 5.74) is 5.52. The van der Waals surface area contributed by atoms with Crippen LogP contribution in [-0.2, 0) is 4.79 Å². The Hall–Kier alpha value is -0.890. The van der Waals surface area contributed by atoms with Crippen molar-refractivity contribution in [3.8, 4) is 0 Å². The highest BCUT2D eigenvalue weighted by molar-refractivity contribution is 5.89. The maximum atomic E-state index is 10.7. The predicted octanol–water partition coefficient (Wildman–Crippen LogP) is 1.04. The number of hydrogen-bond donors (Lipinski definition) is 1. The van der Waals surface area contributed by atoms with Gasteiger partial charge in [0.05, 0.1) is 0 Å². The molecule has 0 spiro atoms. The van der Waals surface area contributed by atoms with E-state index >= 15 is 0 Å². The van der Waals surface area contributed by atoms with E-state index in [1.54, 1.807) is 6.08 Å². The van der Waals surface area contributed by atoms with Crippen LogP contribution in [0, 0.1) is 0 Å². The number of carbonyl (C=O) groups excluding carboxylic acids is 1. The van der Waals surface area contributed by atoms with Gasteiger partial charge in [-0.05, 0) is 12.5 Å². The van der Waals surface area contributed by atoms with E-state index in [9.17, 15) is 4.79 Å². The lowest BCUT2D eigenvalue weighted by Crippen LogP contribution is -2.21. The Labute approximate surface area is 61.4 Å². The van der Waals surface area contributed by atoms with Crippen LogP contribution in [0.3, 0.4) is 0 Å². The van der Waals surface area contributed by atoms with Crippen LogP contribution in [-0.4, -0.2) is 11.8 Å². The molecule has 0 saturated carbocycles. The number of allylic oxidation sites excluding steroid dienone is 1. The van der Waals surface area contributed by atoms with Crippen LogP contribution in [0.25, 0.3) is 0 Å². The summed E-state index contributed by atoms with van der Waals surface area (Å²) in [6, 6.07) is -0.0944. The van der Waals surface area contributed by atoms with Gasteiger partial charge in [0.15, 0.2) is 5.78 Å². The maximum absolute atomic E-state index is 10.7. The molecule has 0 fully saturated rings. The summed E-state index contributed by atoms with van der Waals surface area (Å²) < 4.78 is 0. The molecule has 0 saturated heterocycles. The fraction of sp³-hybridized carbons (Fsp3) is 0.375. The lowest BCUT2D eigenvalue weighted by molar-refractivity contribution is -0.114. The van der Waals surface area contributed by atoms with Gasteiger partial charge in [-0.1, -0.05) is 12.7 Å². The Balaban J connectivity index is 3.55. The standard InChI is InChI=1S/C8H13NO/c1-3-5-7(9)6-8(10)4-2/h3-4,7H,1-2,5-6,9H2. The van der Waals surface area contributed by atoms with Gasteiger partial charge in [0, 0.05) is 12.5 Å². The fourth-order valence-corrected chi connectivity index (χ4v) is 0.639. The van der Waals surface area contributed by atoms with Crippen molar-refractivity contribution in [1.29, 1.82) is 0 Å². The molecule has 0 heterocycles. The predicted molar refractivity (Wildman–Crippen MR) is 42.6 cm³/mol. The molecule has 1 unspecified atom stereocenters. The van der Waals surface area contributed by atoms with Crippen LogP contribution in [0.15, 0.2) is 25.3 Å². The van der Waals surface area contributed by atoms with E-state index in [0.29, 0.717) is 12.8 Å². The summed E-state index contributed by atoms with van der Waals surface area (Å²) in [5, 5.41) is 0. The molecule has 0 rings (SSSR count). The molecular formula is C8H13NO. The average molecular weight is 139 g/mol. The van der Waals surface area contributed by atoms with Crippen molar-refractivity contribution in [2.45, 2.75) is 18.9 Å². The largest absolute Gasteiger partial charge is 0.327 e. The Morgan fingerprint density at radius 3 is 2.60 bits per heavy atom. The molecule has 10 heavy (non-hydrogen) atoms. The fourth-order valence-electron chi connectivity index (χ4n) is 0.639. The van der Waals surface area contributed by atoms with Crippen molar-refractivity contribution in [2.24, 2.45) is 5.73 Å². The summed E-state index contributed by atoms with van der Waals surface area (Å²) in [5.74, 6) is -0.00523. The van der Waals surface area contributed by atoms with E-state index in [1.807, 2.05) is 0 Å². The zero-order chi connectivity index (χ0) is 7.98. The number of ketones is 1. The molecule has 0 aliphatic rings. The molecule has 0 aliphatic heterocycles. The Morgan fingerprint density at radius 2 is 2.20 bits per heavy atom. The number of rotatable bonds is 5. The van der Waals surface area contributed by atoms with Gasteiger partial charge in [-0.25, -0.2) is 0 Å². The second kappa shape index (κ2) is 4.94. The van der Waals surface area contributed by atoms with Gasteiger partial charge >= 0.3 is 0 Å². The van der Waals surface area contributed by atoms with Gasteiger partial charge in [0.25, 0.3) is 0 Å². The summed E-state index contributed by atoms with van der Waals surface area (Å²) in [4.78, 5) is 10.7. The Morgan fingerprint density at radius 1 is 1.60 bits per heavy atom. The van der Waals surface area contributed by atoms with Crippen LogP contribution in [0.2, 0.25) is 0 Å². The second-order valence-corrected chi connectivity index (χ2v) is 2.16. The molecular weight excluding hydrogens is 126 g/mol. The van der Waals surface area contributed by atoms with Crippen molar-refractivity contribution in [1.82, 2.24) is 0 Å². The lowest BCUT2D eigenvalue weighted by atomic mass is 10.1. The number of hydrogen-bond acceptors (Lipinski definition) is 2. The third kappa shape index (κ3) is 4.04. The molecule has 1 atom stereocenters. The lowest BCUT2D eigenvalue weighted by Gasteiger charge is -2.03. The van der Waals surface area contributed by atoms with Crippen LogP contribution < -0.4 is 5.73 Å². The van der Waals surface area contributed by atoms with Crippen molar-refractivity contribution >= 4 is 5.78 Å². The molecule has 0 aliphatic carbocycles. The van der Waals surface area contributed by atoms with Crippen LogP contribution in [0.1, 0.15) is 12.8 Å². The Kier molecular flexibility index (Phi) is 4.50. The average Bonchev–Trinajstić information content (AvgIpc) is 1.88. The van der Waals surface area contributed by atoms with Gasteiger partial charge in [0.1, 0.15) is 0 Å². The van der Waals surface area contributed by atoms with Crippen molar-refractivity contribution < 1.29 is 4.79 Å². The molecule has 0 amide bonds. The molecule has 0 aromatic heterocycles. The van der Waals surface area contributed by atoms with E-state index in [-0.39, 0.29) is 11.8 Å². The molecule has 2 heteroatoms. The van der Waals surface area contributed by atoms with Crippen molar-refractivity contribution in [3.63, 3.8) is 0 Å². The van der Waals surface area contributed by atoms with Crippen molar-refractivity contribution in [2.75, 3.05) is 0 Å². The highest BCUT2D eigenvalue weighted by Crippen LogP contribution is 1.96. The molecule has 0 aromatic carbocycles.